The van der Waals surface area contributed by atoms with Crippen molar-refractivity contribution in [2.24, 2.45) is 0 Å². The first kappa shape index (κ1) is 26.7. The predicted molar refractivity (Wildman–Crippen MR) is 197 cm³/mol. The van der Waals surface area contributed by atoms with E-state index in [0.29, 0.717) is 0 Å². The van der Waals surface area contributed by atoms with Crippen LogP contribution in [0.2, 0.25) is 0 Å². The molecule has 0 atom stereocenters. The Morgan fingerprint density at radius 1 is 0.413 bits per heavy atom. The van der Waals surface area contributed by atoms with Gasteiger partial charge >= 0.3 is 0 Å². The largest absolute Gasteiger partial charge is 0.310 e. The maximum atomic E-state index is 2.46. The second-order valence-electron chi connectivity index (χ2n) is 13.0. The van der Waals surface area contributed by atoms with Crippen LogP contribution in [0.4, 0.5) is 17.1 Å². The van der Waals surface area contributed by atoms with Gasteiger partial charge in [-0.15, -0.1) is 0 Å². The molecule has 0 N–H and O–H groups in total. The zero-order chi connectivity index (χ0) is 30.8. The molecule has 0 spiro atoms. The third-order valence-corrected chi connectivity index (χ3v) is 9.94. The Bertz CT molecular complexity index is 2440. The molecule has 46 heavy (non-hydrogen) atoms. The number of hydrogen-bond donors (Lipinski definition) is 0. The first-order chi connectivity index (χ1) is 22.6. The molecule has 9 rings (SSSR count). The van der Waals surface area contributed by atoms with Gasteiger partial charge in [-0.2, -0.15) is 0 Å². The van der Waals surface area contributed by atoms with E-state index in [9.17, 15) is 0 Å². The number of fused-ring (bicyclic) bond motifs is 9. The maximum absolute atomic E-state index is 2.46. The van der Waals surface area contributed by atoms with Gasteiger partial charge in [-0.1, -0.05) is 129 Å². The molecule has 0 saturated carbocycles. The van der Waals surface area contributed by atoms with E-state index in [2.05, 4.69) is 183 Å². The van der Waals surface area contributed by atoms with Crippen LogP contribution >= 0.6 is 0 Å². The molecule has 0 radical (unpaired) electrons. The Morgan fingerprint density at radius 3 is 1.76 bits per heavy atom. The van der Waals surface area contributed by atoms with E-state index >= 15 is 0 Å². The third-order valence-electron chi connectivity index (χ3n) is 9.94. The summed E-state index contributed by atoms with van der Waals surface area (Å²) in [5.74, 6) is 0. The summed E-state index contributed by atoms with van der Waals surface area (Å²) in [6, 6.07) is 59.9. The van der Waals surface area contributed by atoms with Gasteiger partial charge in [0, 0.05) is 22.5 Å². The van der Waals surface area contributed by atoms with E-state index in [1.165, 1.54) is 65.7 Å². The fraction of sp³-hybridized carbons (Fsp3) is 0.0667. The van der Waals surface area contributed by atoms with Crippen LogP contribution in [-0.2, 0) is 5.41 Å². The number of hydrogen-bond acceptors (Lipinski definition) is 1. The highest BCUT2D eigenvalue weighted by Crippen LogP contribution is 2.55. The van der Waals surface area contributed by atoms with E-state index in [-0.39, 0.29) is 5.41 Å². The molecule has 1 heteroatoms. The van der Waals surface area contributed by atoms with Crippen molar-refractivity contribution in [3.05, 3.63) is 175 Å². The summed E-state index contributed by atoms with van der Waals surface area (Å²) < 4.78 is 0. The lowest BCUT2D eigenvalue weighted by atomic mass is 9.79. The second kappa shape index (κ2) is 10.2. The summed E-state index contributed by atoms with van der Waals surface area (Å²) in [6.45, 7) is 4.81. The first-order valence-corrected chi connectivity index (χ1v) is 16.1. The minimum Gasteiger partial charge on any atom is -0.310 e. The minimum atomic E-state index is -0.137. The molecule has 0 heterocycles. The smallest absolute Gasteiger partial charge is 0.0468 e. The van der Waals surface area contributed by atoms with E-state index in [4.69, 9.17) is 0 Å². The van der Waals surface area contributed by atoms with Gasteiger partial charge in [0.25, 0.3) is 0 Å². The number of rotatable bonds is 4. The molecule has 1 aliphatic rings. The lowest BCUT2D eigenvalue weighted by Crippen LogP contribution is -2.15. The highest BCUT2D eigenvalue weighted by molar-refractivity contribution is 6.19. The van der Waals surface area contributed by atoms with Gasteiger partial charge in [0.05, 0.1) is 0 Å². The third kappa shape index (κ3) is 4.02. The number of benzene rings is 8. The Morgan fingerprint density at radius 2 is 1.00 bits per heavy atom. The van der Waals surface area contributed by atoms with Crippen LogP contribution < -0.4 is 4.90 Å². The molecule has 8 aromatic carbocycles. The van der Waals surface area contributed by atoms with Crippen molar-refractivity contribution in [2.45, 2.75) is 19.3 Å². The SMILES string of the molecule is CC1(C)c2cc3cc(N(c4ccccc4)c4cccc(-c5ccccc5)c4)ccc3cc2-c2c1c1ccccc1c1ccccc21. The van der Waals surface area contributed by atoms with Crippen molar-refractivity contribution >= 4 is 49.4 Å². The molecule has 1 nitrogen and oxygen atoms in total. The molecule has 8 aromatic rings. The van der Waals surface area contributed by atoms with Crippen LogP contribution in [0.25, 0.3) is 54.6 Å². The van der Waals surface area contributed by atoms with Crippen LogP contribution in [0.3, 0.4) is 0 Å². The van der Waals surface area contributed by atoms with Crippen LogP contribution in [0.15, 0.2) is 164 Å². The zero-order valence-corrected chi connectivity index (χ0v) is 26.0. The Kier molecular flexibility index (Phi) is 5.92. The molecule has 218 valence electrons. The highest BCUT2D eigenvalue weighted by atomic mass is 15.1. The quantitative estimate of drug-likeness (QED) is 0.185. The summed E-state index contributed by atoms with van der Waals surface area (Å²) in [7, 11) is 0. The molecule has 0 amide bonds. The number of anilines is 3. The lowest BCUT2D eigenvalue weighted by molar-refractivity contribution is 0.667. The summed E-state index contributed by atoms with van der Waals surface area (Å²) >= 11 is 0. The topological polar surface area (TPSA) is 3.24 Å². The Balaban J connectivity index is 1.25. The fourth-order valence-corrected chi connectivity index (χ4v) is 7.83. The van der Waals surface area contributed by atoms with Crippen LogP contribution in [0.5, 0.6) is 0 Å². The molecule has 1 aliphatic carbocycles. The van der Waals surface area contributed by atoms with Gasteiger partial charge in [-0.05, 0) is 114 Å². The predicted octanol–water partition coefficient (Wildman–Crippen LogP) is 12.6. The second-order valence-corrected chi connectivity index (χ2v) is 13.0. The molecular weight excluding hydrogens is 555 g/mol. The van der Waals surface area contributed by atoms with Gasteiger partial charge in [0.15, 0.2) is 0 Å². The summed E-state index contributed by atoms with van der Waals surface area (Å²) in [5, 5.41) is 7.87. The number of nitrogens with zero attached hydrogens (tertiary/aromatic N) is 1. The Hall–Kier alpha value is -5.66. The van der Waals surface area contributed by atoms with Crippen molar-refractivity contribution in [1.29, 1.82) is 0 Å². The van der Waals surface area contributed by atoms with E-state index in [0.717, 1.165) is 17.1 Å². The van der Waals surface area contributed by atoms with Gasteiger partial charge in [0.2, 0.25) is 0 Å². The van der Waals surface area contributed by atoms with Gasteiger partial charge in [0.1, 0.15) is 0 Å². The lowest BCUT2D eigenvalue weighted by Gasteiger charge is -2.27. The average molecular weight is 588 g/mol. The molecule has 0 fully saturated rings. The molecule has 0 bridgehead atoms. The van der Waals surface area contributed by atoms with Crippen molar-refractivity contribution in [1.82, 2.24) is 0 Å². The molecule has 0 saturated heterocycles. The number of para-hydroxylation sites is 1. The van der Waals surface area contributed by atoms with E-state index in [1.54, 1.807) is 0 Å². The normalized spacial score (nSPS) is 13.2. The van der Waals surface area contributed by atoms with Crippen molar-refractivity contribution < 1.29 is 0 Å². The molecule has 0 aromatic heterocycles. The van der Waals surface area contributed by atoms with Gasteiger partial charge < -0.3 is 4.90 Å². The van der Waals surface area contributed by atoms with E-state index in [1.807, 2.05) is 0 Å². The fourth-order valence-electron chi connectivity index (χ4n) is 7.83. The maximum Gasteiger partial charge on any atom is 0.0468 e. The minimum absolute atomic E-state index is 0.137. The average Bonchev–Trinajstić information content (AvgIpc) is 3.34. The first-order valence-electron chi connectivity index (χ1n) is 16.1. The molecular formula is C45H33N. The zero-order valence-electron chi connectivity index (χ0n) is 26.0. The van der Waals surface area contributed by atoms with Crippen LogP contribution in [0.1, 0.15) is 25.0 Å². The van der Waals surface area contributed by atoms with E-state index < -0.39 is 0 Å². The molecule has 0 aliphatic heterocycles. The summed E-state index contributed by atoms with van der Waals surface area (Å²) in [4.78, 5) is 2.38. The Labute approximate surface area is 270 Å². The van der Waals surface area contributed by atoms with Gasteiger partial charge in [-0.25, -0.2) is 0 Å². The van der Waals surface area contributed by atoms with Crippen LogP contribution in [-0.4, -0.2) is 0 Å². The van der Waals surface area contributed by atoms with Gasteiger partial charge in [-0.3, -0.25) is 0 Å². The van der Waals surface area contributed by atoms with Crippen molar-refractivity contribution in [2.75, 3.05) is 4.90 Å². The van der Waals surface area contributed by atoms with Crippen molar-refractivity contribution in [3.63, 3.8) is 0 Å². The highest BCUT2D eigenvalue weighted by Gasteiger charge is 2.38. The summed E-state index contributed by atoms with van der Waals surface area (Å²) in [6.07, 6.45) is 0. The van der Waals surface area contributed by atoms with Crippen LogP contribution in [0, 0.1) is 0 Å². The monoisotopic (exact) mass is 587 g/mol. The summed E-state index contributed by atoms with van der Waals surface area (Å²) in [5.41, 5.74) is 11.3. The van der Waals surface area contributed by atoms with Crippen molar-refractivity contribution in [3.8, 4) is 22.3 Å². The standard InChI is InChI=1S/C45H33N/c1-45(2)42-29-33-27-36(46(34-17-7-4-8-18-34)35-19-13-16-31(26-35)30-14-5-3-6-15-30)25-24-32(33)28-41(42)43-39-22-11-9-20-37(39)38-21-10-12-23-40(38)44(43)45/h3-29H,1-2H3. The molecule has 0 unspecified atom stereocenters.